The molecule has 0 fully saturated rings. The van der Waals surface area contributed by atoms with E-state index in [-0.39, 0.29) is 16.5 Å². The number of carbonyl (C=O) groups is 1. The molecule has 7 nitrogen and oxygen atoms in total. The SMILES string of the molecule is O=Cc1c(F)ccc2c1OB(O)C(SCc1ccc(CN(Cc3ccccn3)Cc3ccccn3)nc1)C2. The third kappa shape index (κ3) is 6.45. The van der Waals surface area contributed by atoms with Crippen LogP contribution in [0.15, 0.2) is 79.3 Å². The smallest absolute Gasteiger partial charge is 0.535 e. The third-order valence-corrected chi connectivity index (χ3v) is 7.61. The van der Waals surface area contributed by atoms with E-state index >= 15 is 0 Å². The van der Waals surface area contributed by atoms with Gasteiger partial charge in [0.15, 0.2) is 6.29 Å². The number of aldehydes is 1. The van der Waals surface area contributed by atoms with E-state index in [1.54, 1.807) is 18.5 Å². The molecular weight excluding hydrogens is 502 g/mol. The van der Waals surface area contributed by atoms with Gasteiger partial charge in [0.1, 0.15) is 11.6 Å². The van der Waals surface area contributed by atoms with Crippen LogP contribution < -0.4 is 4.65 Å². The molecule has 1 aromatic carbocycles. The summed E-state index contributed by atoms with van der Waals surface area (Å²) in [6.07, 6.45) is 6.35. The maximum absolute atomic E-state index is 13.9. The lowest BCUT2D eigenvalue weighted by atomic mass is 9.77. The Morgan fingerprint density at radius 2 is 1.66 bits per heavy atom. The van der Waals surface area contributed by atoms with Crippen molar-refractivity contribution in [2.75, 3.05) is 0 Å². The summed E-state index contributed by atoms with van der Waals surface area (Å²) in [4.78, 5) is 27.1. The lowest BCUT2D eigenvalue weighted by Gasteiger charge is -2.28. The van der Waals surface area contributed by atoms with Crippen LogP contribution in [-0.2, 0) is 31.8 Å². The van der Waals surface area contributed by atoms with Crippen molar-refractivity contribution in [3.63, 3.8) is 0 Å². The predicted octanol–water partition coefficient (Wildman–Crippen LogP) is 4.28. The highest BCUT2D eigenvalue weighted by atomic mass is 32.2. The number of benzene rings is 1. The first-order valence-corrected chi connectivity index (χ1v) is 13.3. The predicted molar refractivity (Wildman–Crippen MR) is 145 cm³/mol. The van der Waals surface area contributed by atoms with Gasteiger partial charge in [0, 0.05) is 44.0 Å². The second-order valence-electron chi connectivity index (χ2n) is 9.07. The Labute approximate surface area is 225 Å². The van der Waals surface area contributed by atoms with Gasteiger partial charge in [-0.2, -0.15) is 11.8 Å². The number of thioether (sulfide) groups is 1. The monoisotopic (exact) mass is 528 g/mol. The van der Waals surface area contributed by atoms with Crippen LogP contribution in [0.2, 0.25) is 0 Å². The maximum Gasteiger partial charge on any atom is 0.536 e. The number of nitrogens with zero attached hydrogens (tertiary/aromatic N) is 4. The first-order valence-electron chi connectivity index (χ1n) is 12.3. The quantitative estimate of drug-likeness (QED) is 0.241. The molecule has 0 radical (unpaired) electrons. The third-order valence-electron chi connectivity index (χ3n) is 6.28. The van der Waals surface area contributed by atoms with Crippen LogP contribution in [-0.4, -0.2) is 43.4 Å². The second-order valence-corrected chi connectivity index (χ2v) is 10.3. The Hall–Kier alpha value is -3.60. The average molecular weight is 528 g/mol. The lowest BCUT2D eigenvalue weighted by Crippen LogP contribution is -2.40. The molecule has 38 heavy (non-hydrogen) atoms. The van der Waals surface area contributed by atoms with Gasteiger partial charge in [-0.15, -0.1) is 0 Å². The molecule has 3 aromatic heterocycles. The Kier molecular flexibility index (Phi) is 8.42. The van der Waals surface area contributed by atoms with Crippen molar-refractivity contribution in [1.82, 2.24) is 19.9 Å². The van der Waals surface area contributed by atoms with Gasteiger partial charge in [-0.3, -0.25) is 24.6 Å². The Balaban J connectivity index is 1.21. The van der Waals surface area contributed by atoms with Gasteiger partial charge >= 0.3 is 7.12 Å². The van der Waals surface area contributed by atoms with Gasteiger partial charge in [0.25, 0.3) is 0 Å². The minimum Gasteiger partial charge on any atom is -0.535 e. The van der Waals surface area contributed by atoms with E-state index in [9.17, 15) is 14.2 Å². The van der Waals surface area contributed by atoms with E-state index in [1.165, 1.54) is 17.8 Å². The summed E-state index contributed by atoms with van der Waals surface area (Å²) in [6, 6.07) is 18.7. The molecule has 192 valence electrons. The van der Waals surface area contributed by atoms with Gasteiger partial charge in [0.05, 0.1) is 27.8 Å². The lowest BCUT2D eigenvalue weighted by molar-refractivity contribution is 0.111. The van der Waals surface area contributed by atoms with Gasteiger partial charge in [-0.25, -0.2) is 4.39 Å². The van der Waals surface area contributed by atoms with Crippen LogP contribution in [0, 0.1) is 5.82 Å². The summed E-state index contributed by atoms with van der Waals surface area (Å²) in [5.74, 6) is 0.110. The van der Waals surface area contributed by atoms with E-state index in [1.807, 2.05) is 54.7 Å². The molecule has 0 saturated heterocycles. The number of carbonyl (C=O) groups excluding carboxylic acids is 1. The number of aromatic nitrogens is 3. The highest BCUT2D eigenvalue weighted by Gasteiger charge is 2.36. The summed E-state index contributed by atoms with van der Waals surface area (Å²) in [5, 5.41) is 10.2. The van der Waals surface area contributed by atoms with Gasteiger partial charge in [-0.1, -0.05) is 24.3 Å². The molecule has 1 atom stereocenters. The second kappa shape index (κ2) is 12.3. The number of halogens is 1. The first-order chi connectivity index (χ1) is 18.6. The molecule has 4 heterocycles. The summed E-state index contributed by atoms with van der Waals surface area (Å²) >= 11 is 1.54. The molecule has 10 heteroatoms. The molecule has 1 unspecified atom stereocenters. The fourth-order valence-corrected chi connectivity index (χ4v) is 5.46. The number of pyridine rings is 3. The van der Waals surface area contributed by atoms with Crippen molar-refractivity contribution in [3.05, 3.63) is 119 Å². The maximum atomic E-state index is 13.9. The van der Waals surface area contributed by atoms with E-state index in [0.717, 1.165) is 22.6 Å². The van der Waals surface area contributed by atoms with Crippen molar-refractivity contribution < 1.29 is 18.9 Å². The largest absolute Gasteiger partial charge is 0.536 e. The zero-order valence-corrected chi connectivity index (χ0v) is 21.4. The first kappa shape index (κ1) is 26.0. The minimum atomic E-state index is -1.13. The topological polar surface area (TPSA) is 88.4 Å². The molecule has 0 bridgehead atoms. The summed E-state index contributed by atoms with van der Waals surface area (Å²) < 4.78 is 19.4. The van der Waals surface area contributed by atoms with Crippen LogP contribution >= 0.6 is 11.8 Å². The van der Waals surface area contributed by atoms with Crippen LogP contribution in [0.5, 0.6) is 5.75 Å². The van der Waals surface area contributed by atoms with Crippen molar-refractivity contribution in [1.29, 1.82) is 0 Å². The highest BCUT2D eigenvalue weighted by Crippen LogP contribution is 2.35. The van der Waals surface area contributed by atoms with Gasteiger partial charge in [0.2, 0.25) is 0 Å². The average Bonchev–Trinajstić information content (AvgIpc) is 2.94. The molecule has 1 N–H and O–H groups in total. The highest BCUT2D eigenvalue weighted by molar-refractivity contribution is 8.00. The Morgan fingerprint density at radius 1 is 0.974 bits per heavy atom. The molecule has 1 aliphatic rings. The van der Waals surface area contributed by atoms with Crippen LogP contribution in [0.1, 0.15) is 38.6 Å². The molecule has 0 spiro atoms. The van der Waals surface area contributed by atoms with Gasteiger partial charge < -0.3 is 9.68 Å². The fraction of sp³-hybridized carbons (Fsp3) is 0.214. The summed E-state index contributed by atoms with van der Waals surface area (Å²) in [5.41, 5.74) is 4.48. The molecule has 1 aliphatic heterocycles. The Morgan fingerprint density at radius 3 is 2.24 bits per heavy atom. The Bertz CT molecular complexity index is 1320. The van der Waals surface area contributed by atoms with Crippen molar-refractivity contribution >= 4 is 25.2 Å². The standard InChI is InChI=1S/C28H26BFN4O3S/c30-26-10-8-21-13-27(29(36)37-28(21)25(26)18-35)38-19-20-7-9-24(33-14-20)17-34(15-22-5-1-3-11-31-22)16-23-6-2-4-12-32-23/h1-12,14,18,27,36H,13,15-17,19H2. The number of hydrogen-bond acceptors (Lipinski definition) is 8. The molecule has 5 rings (SSSR count). The van der Waals surface area contributed by atoms with Crippen LogP contribution in [0.25, 0.3) is 0 Å². The number of fused-ring (bicyclic) bond motifs is 1. The van der Waals surface area contributed by atoms with E-state index in [0.29, 0.717) is 43.7 Å². The fourth-order valence-electron chi connectivity index (χ4n) is 4.36. The van der Waals surface area contributed by atoms with Crippen LogP contribution in [0.4, 0.5) is 4.39 Å². The van der Waals surface area contributed by atoms with E-state index in [4.69, 9.17) is 4.65 Å². The number of hydrogen-bond donors (Lipinski definition) is 1. The minimum absolute atomic E-state index is 0.135. The number of rotatable bonds is 10. The summed E-state index contributed by atoms with van der Waals surface area (Å²) in [7, 11) is -1.13. The van der Waals surface area contributed by atoms with Crippen LogP contribution in [0.3, 0.4) is 0 Å². The zero-order valence-electron chi connectivity index (χ0n) is 20.6. The summed E-state index contributed by atoms with van der Waals surface area (Å²) in [6.45, 7) is 1.99. The van der Waals surface area contributed by atoms with E-state index in [2.05, 4.69) is 19.9 Å². The van der Waals surface area contributed by atoms with E-state index < -0.39 is 12.9 Å². The normalized spacial score (nSPS) is 14.7. The van der Waals surface area contributed by atoms with Crippen molar-refractivity contribution in [2.24, 2.45) is 0 Å². The van der Waals surface area contributed by atoms with Gasteiger partial charge in [-0.05, 0) is 53.9 Å². The molecule has 4 aromatic rings. The van der Waals surface area contributed by atoms with Crippen molar-refractivity contribution in [2.45, 2.75) is 37.0 Å². The zero-order chi connectivity index (χ0) is 26.3. The van der Waals surface area contributed by atoms with Crippen molar-refractivity contribution in [3.8, 4) is 5.75 Å². The molecular formula is C28H26BFN4O3S. The molecule has 0 saturated carbocycles. The molecule has 0 aliphatic carbocycles. The molecule has 0 amide bonds.